The van der Waals surface area contributed by atoms with E-state index in [1.807, 2.05) is 0 Å². The molecule has 0 spiro atoms. The van der Waals surface area contributed by atoms with E-state index in [4.69, 9.17) is 4.84 Å². The maximum Gasteiger partial charge on any atom is 0.150 e. The fourth-order valence-corrected chi connectivity index (χ4v) is 3.72. The summed E-state index contributed by atoms with van der Waals surface area (Å²) in [7, 11) is -1.00. The second-order valence-electron chi connectivity index (χ2n) is 3.82. The van der Waals surface area contributed by atoms with Crippen LogP contribution in [-0.4, -0.2) is 33.6 Å². The Hall–Kier alpha value is -0.130. The molecule has 1 unspecified atom stereocenters. The molecule has 0 bridgehead atoms. The predicted octanol–water partition coefficient (Wildman–Crippen LogP) is 0.742. The molecule has 1 heterocycles. The van der Waals surface area contributed by atoms with Crippen molar-refractivity contribution in [3.05, 3.63) is 0 Å². The normalized spacial score (nSPS) is 26.2. The number of rotatable bonds is 5. The zero-order valence-corrected chi connectivity index (χ0v) is 9.48. The van der Waals surface area contributed by atoms with E-state index in [0.29, 0.717) is 24.0 Å². The Morgan fingerprint density at radius 1 is 1.50 bits per heavy atom. The molecule has 0 radical (unpaired) electrons. The number of sulfone groups is 1. The van der Waals surface area contributed by atoms with Crippen molar-refractivity contribution < 1.29 is 13.3 Å². The average molecular weight is 221 g/mol. The molecule has 1 aliphatic rings. The van der Waals surface area contributed by atoms with Crippen molar-refractivity contribution in [1.82, 2.24) is 5.48 Å². The van der Waals surface area contributed by atoms with Gasteiger partial charge >= 0.3 is 0 Å². The second-order valence-corrected chi connectivity index (χ2v) is 6.05. The molecule has 0 aromatic rings. The van der Waals surface area contributed by atoms with Crippen molar-refractivity contribution >= 4 is 9.84 Å². The first-order valence-electron chi connectivity index (χ1n) is 5.13. The molecule has 5 heteroatoms. The second kappa shape index (κ2) is 5.68. The van der Waals surface area contributed by atoms with Crippen LogP contribution in [0.3, 0.4) is 0 Å². The van der Waals surface area contributed by atoms with Crippen LogP contribution in [0.15, 0.2) is 0 Å². The van der Waals surface area contributed by atoms with Crippen LogP contribution in [0.25, 0.3) is 0 Å². The van der Waals surface area contributed by atoms with Gasteiger partial charge in [-0.1, -0.05) is 0 Å². The average Bonchev–Trinajstić information content (AvgIpc) is 2.11. The summed E-state index contributed by atoms with van der Waals surface area (Å²) < 4.78 is 22.6. The summed E-state index contributed by atoms with van der Waals surface area (Å²) in [5, 5.41) is 0. The summed E-state index contributed by atoms with van der Waals surface area (Å²) in [6, 6.07) is 0. The zero-order chi connectivity index (χ0) is 10.4. The molecule has 0 aromatic carbocycles. The van der Waals surface area contributed by atoms with E-state index in [2.05, 4.69) is 5.48 Å². The van der Waals surface area contributed by atoms with Crippen LogP contribution < -0.4 is 5.48 Å². The largest absolute Gasteiger partial charge is 0.302 e. The van der Waals surface area contributed by atoms with Crippen LogP contribution in [-0.2, 0) is 14.7 Å². The third-order valence-corrected chi connectivity index (χ3v) is 4.45. The molecule has 14 heavy (non-hydrogen) atoms. The first-order valence-corrected chi connectivity index (χ1v) is 6.95. The molecular formula is C9H19NO3S. The van der Waals surface area contributed by atoms with E-state index in [9.17, 15) is 8.42 Å². The summed E-state index contributed by atoms with van der Waals surface area (Å²) in [6.45, 7) is 0.660. The number of nitrogens with one attached hydrogen (secondary N) is 1. The maximum absolute atomic E-state index is 11.3. The van der Waals surface area contributed by atoms with Gasteiger partial charge in [0.1, 0.15) is 0 Å². The lowest BCUT2D eigenvalue weighted by Gasteiger charge is -2.21. The van der Waals surface area contributed by atoms with Gasteiger partial charge in [0.2, 0.25) is 0 Å². The van der Waals surface area contributed by atoms with E-state index in [-0.39, 0.29) is 0 Å². The zero-order valence-electron chi connectivity index (χ0n) is 8.66. The van der Waals surface area contributed by atoms with E-state index in [1.165, 1.54) is 0 Å². The summed E-state index contributed by atoms with van der Waals surface area (Å²) in [5.74, 6) is 1.12. The molecule has 84 valence electrons. The van der Waals surface area contributed by atoms with Gasteiger partial charge in [-0.15, -0.1) is 0 Å². The van der Waals surface area contributed by atoms with E-state index < -0.39 is 9.84 Å². The minimum atomic E-state index is -2.73. The fourth-order valence-electron chi connectivity index (χ4n) is 1.89. The Labute approximate surface area is 85.9 Å². The van der Waals surface area contributed by atoms with Gasteiger partial charge < -0.3 is 4.84 Å². The quantitative estimate of drug-likeness (QED) is 0.549. The highest BCUT2D eigenvalue weighted by Gasteiger charge is 2.23. The van der Waals surface area contributed by atoms with Crippen LogP contribution in [0, 0.1) is 5.92 Å². The number of hydroxylamine groups is 1. The Balaban J connectivity index is 2.18. The Kier molecular flexibility index (Phi) is 4.84. The van der Waals surface area contributed by atoms with Gasteiger partial charge in [0.15, 0.2) is 9.84 Å². The monoisotopic (exact) mass is 221 g/mol. The first-order chi connectivity index (χ1) is 6.64. The Bertz CT molecular complexity index is 251. The first kappa shape index (κ1) is 11.9. The molecule has 1 saturated heterocycles. The molecule has 1 atom stereocenters. The molecule has 1 N–H and O–H groups in total. The van der Waals surface area contributed by atoms with Gasteiger partial charge in [0, 0.05) is 7.05 Å². The predicted molar refractivity (Wildman–Crippen MR) is 55.6 cm³/mol. The third kappa shape index (κ3) is 4.39. The van der Waals surface area contributed by atoms with Crippen LogP contribution in [0.5, 0.6) is 0 Å². The molecule has 0 aromatic heterocycles. The van der Waals surface area contributed by atoms with Crippen LogP contribution in [0.2, 0.25) is 0 Å². The topological polar surface area (TPSA) is 55.4 Å². The number of hydrogen-bond donors (Lipinski definition) is 1. The lowest BCUT2D eigenvalue weighted by molar-refractivity contribution is 0.0533. The Morgan fingerprint density at radius 2 is 2.29 bits per heavy atom. The van der Waals surface area contributed by atoms with E-state index in [1.54, 1.807) is 7.05 Å². The van der Waals surface area contributed by atoms with Gasteiger partial charge in [-0.2, -0.15) is 0 Å². The van der Waals surface area contributed by atoms with Crippen molar-refractivity contribution in [3.8, 4) is 0 Å². The highest BCUT2D eigenvalue weighted by atomic mass is 32.2. The molecule has 0 aliphatic carbocycles. The van der Waals surface area contributed by atoms with E-state index >= 15 is 0 Å². The lowest BCUT2D eigenvalue weighted by atomic mass is 10.00. The summed E-state index contributed by atoms with van der Waals surface area (Å²) >= 11 is 0. The molecule has 1 aliphatic heterocycles. The molecule has 1 fully saturated rings. The molecule has 0 saturated carbocycles. The van der Waals surface area contributed by atoms with Crippen LogP contribution in [0.1, 0.15) is 25.7 Å². The van der Waals surface area contributed by atoms with Gasteiger partial charge in [-0.3, -0.25) is 0 Å². The van der Waals surface area contributed by atoms with Gasteiger partial charge in [-0.25, -0.2) is 13.9 Å². The smallest absolute Gasteiger partial charge is 0.150 e. The van der Waals surface area contributed by atoms with E-state index in [0.717, 1.165) is 25.7 Å². The summed E-state index contributed by atoms with van der Waals surface area (Å²) in [4.78, 5) is 4.98. The van der Waals surface area contributed by atoms with Crippen molar-refractivity contribution in [3.63, 3.8) is 0 Å². The molecule has 4 nitrogen and oxygen atoms in total. The van der Waals surface area contributed by atoms with Gasteiger partial charge in [0.05, 0.1) is 18.1 Å². The molecule has 0 amide bonds. The van der Waals surface area contributed by atoms with Gasteiger partial charge in [-0.05, 0) is 31.6 Å². The maximum atomic E-state index is 11.3. The highest BCUT2D eigenvalue weighted by Crippen LogP contribution is 2.22. The van der Waals surface area contributed by atoms with Crippen molar-refractivity contribution in [2.24, 2.45) is 5.92 Å². The molecular weight excluding hydrogens is 202 g/mol. The van der Waals surface area contributed by atoms with Gasteiger partial charge in [0.25, 0.3) is 0 Å². The Morgan fingerprint density at radius 3 is 2.93 bits per heavy atom. The highest BCUT2D eigenvalue weighted by molar-refractivity contribution is 7.91. The van der Waals surface area contributed by atoms with Crippen LogP contribution in [0.4, 0.5) is 0 Å². The summed E-state index contributed by atoms with van der Waals surface area (Å²) in [5.41, 5.74) is 2.60. The van der Waals surface area contributed by atoms with Crippen molar-refractivity contribution in [2.45, 2.75) is 25.7 Å². The third-order valence-electron chi connectivity index (χ3n) is 2.56. The molecule has 1 rings (SSSR count). The standard InChI is InChI=1S/C9H19NO3S/c1-10-13-6-2-4-9-5-3-7-14(11,12)8-9/h9-10H,2-8H2,1H3. The lowest BCUT2D eigenvalue weighted by Crippen LogP contribution is -2.25. The van der Waals surface area contributed by atoms with Crippen LogP contribution >= 0.6 is 0 Å². The minimum absolute atomic E-state index is 0.356. The number of hydrogen-bond acceptors (Lipinski definition) is 4. The van der Waals surface area contributed by atoms with Crippen molar-refractivity contribution in [1.29, 1.82) is 0 Å². The SMILES string of the molecule is CNOCCCC1CCCS(=O)(=O)C1. The fraction of sp³-hybridized carbons (Fsp3) is 1.00. The van der Waals surface area contributed by atoms with Crippen molar-refractivity contribution in [2.75, 3.05) is 25.2 Å². The summed E-state index contributed by atoms with van der Waals surface area (Å²) in [6.07, 6.45) is 3.78. The minimum Gasteiger partial charge on any atom is -0.302 e.